The summed E-state index contributed by atoms with van der Waals surface area (Å²) in [6.45, 7) is 6.01. The van der Waals surface area contributed by atoms with E-state index in [1.807, 2.05) is 18.2 Å². The number of aromatic nitrogens is 1. The van der Waals surface area contributed by atoms with Gasteiger partial charge in [-0.1, -0.05) is 19.4 Å². The predicted molar refractivity (Wildman–Crippen MR) is 48.6 cm³/mol. The molecule has 0 spiro atoms. The molecule has 60 valence electrons. The first kappa shape index (κ1) is 8.12. The molecule has 0 aliphatic carbocycles. The molecule has 0 saturated carbocycles. The molecule has 0 aliphatic rings. The Kier molecular flexibility index (Phi) is 2.96. The molecule has 0 aromatic carbocycles. The van der Waals surface area contributed by atoms with E-state index in [1.54, 1.807) is 0 Å². The maximum absolute atomic E-state index is 3.81. The van der Waals surface area contributed by atoms with Crippen LogP contribution in [-0.4, -0.2) is 4.57 Å². The first-order valence-electron chi connectivity index (χ1n) is 4.13. The monoisotopic (exact) mass is 149 g/mol. The topological polar surface area (TPSA) is 4.93 Å². The summed E-state index contributed by atoms with van der Waals surface area (Å²) in [5.74, 6) is 0. The Bertz CT molecular complexity index is 199. The van der Waals surface area contributed by atoms with Crippen LogP contribution in [0, 0.1) is 0 Å². The van der Waals surface area contributed by atoms with Gasteiger partial charge in [0.2, 0.25) is 0 Å². The summed E-state index contributed by atoms with van der Waals surface area (Å²) in [6, 6.07) is 4.58. The summed E-state index contributed by atoms with van der Waals surface area (Å²) in [5.41, 5.74) is 0. The van der Waals surface area contributed by atoms with Crippen molar-refractivity contribution in [1.29, 1.82) is 0 Å². The SMILES string of the molecule is C=CC(CCC)n1cccc1. The molecular weight excluding hydrogens is 134 g/mol. The van der Waals surface area contributed by atoms with Gasteiger partial charge in [-0.05, 0) is 18.6 Å². The van der Waals surface area contributed by atoms with E-state index in [4.69, 9.17) is 0 Å². The molecule has 0 bridgehead atoms. The zero-order valence-corrected chi connectivity index (χ0v) is 7.03. The molecule has 0 aliphatic heterocycles. The fourth-order valence-corrected chi connectivity index (χ4v) is 1.25. The first-order valence-corrected chi connectivity index (χ1v) is 4.13. The summed E-state index contributed by atoms with van der Waals surface area (Å²) >= 11 is 0. The molecule has 1 nitrogen and oxygen atoms in total. The van der Waals surface area contributed by atoms with Crippen LogP contribution in [0.5, 0.6) is 0 Å². The maximum Gasteiger partial charge on any atom is 0.0507 e. The van der Waals surface area contributed by atoms with Gasteiger partial charge in [-0.15, -0.1) is 6.58 Å². The van der Waals surface area contributed by atoms with Crippen LogP contribution in [0.25, 0.3) is 0 Å². The van der Waals surface area contributed by atoms with Crippen molar-refractivity contribution in [3.8, 4) is 0 Å². The molecule has 11 heavy (non-hydrogen) atoms. The van der Waals surface area contributed by atoms with Crippen molar-refractivity contribution in [2.24, 2.45) is 0 Å². The van der Waals surface area contributed by atoms with E-state index < -0.39 is 0 Å². The molecule has 1 atom stereocenters. The molecule has 0 amide bonds. The van der Waals surface area contributed by atoms with E-state index in [9.17, 15) is 0 Å². The van der Waals surface area contributed by atoms with Crippen LogP contribution in [0.15, 0.2) is 37.2 Å². The van der Waals surface area contributed by atoms with Gasteiger partial charge in [-0.3, -0.25) is 0 Å². The predicted octanol–water partition coefficient (Wildman–Crippen LogP) is 3.02. The zero-order chi connectivity index (χ0) is 8.10. The summed E-state index contributed by atoms with van der Waals surface area (Å²) in [4.78, 5) is 0. The van der Waals surface area contributed by atoms with E-state index in [1.165, 1.54) is 12.8 Å². The van der Waals surface area contributed by atoms with Gasteiger partial charge >= 0.3 is 0 Å². The highest BCUT2D eigenvalue weighted by atomic mass is 15.0. The normalized spacial score (nSPS) is 12.8. The quantitative estimate of drug-likeness (QED) is 0.580. The number of rotatable bonds is 4. The molecular formula is C10H15N. The summed E-state index contributed by atoms with van der Waals surface area (Å²) in [5, 5.41) is 0. The zero-order valence-electron chi connectivity index (χ0n) is 7.03. The van der Waals surface area contributed by atoms with Crippen molar-refractivity contribution in [3.05, 3.63) is 37.2 Å². The van der Waals surface area contributed by atoms with Crippen LogP contribution in [0.2, 0.25) is 0 Å². The molecule has 1 heteroatoms. The fraction of sp³-hybridized carbons (Fsp3) is 0.400. The molecule has 1 rings (SSSR count). The van der Waals surface area contributed by atoms with Crippen molar-refractivity contribution in [1.82, 2.24) is 4.57 Å². The maximum atomic E-state index is 3.81. The van der Waals surface area contributed by atoms with Gasteiger partial charge in [0.1, 0.15) is 0 Å². The molecule has 1 heterocycles. The third kappa shape index (κ3) is 1.97. The fourth-order valence-electron chi connectivity index (χ4n) is 1.25. The minimum absolute atomic E-state index is 0.481. The van der Waals surface area contributed by atoms with Gasteiger partial charge in [0.25, 0.3) is 0 Å². The molecule has 1 aromatic heterocycles. The average molecular weight is 149 g/mol. The van der Waals surface area contributed by atoms with Crippen molar-refractivity contribution in [2.45, 2.75) is 25.8 Å². The van der Waals surface area contributed by atoms with Gasteiger partial charge in [0, 0.05) is 12.4 Å². The highest BCUT2D eigenvalue weighted by Crippen LogP contribution is 2.14. The van der Waals surface area contributed by atoms with Gasteiger partial charge in [0.05, 0.1) is 6.04 Å². The lowest BCUT2D eigenvalue weighted by atomic mass is 10.2. The standard InChI is InChI=1S/C10H15N/c1-3-7-10(4-2)11-8-5-6-9-11/h4-6,8-10H,2-3,7H2,1H3. The van der Waals surface area contributed by atoms with Crippen molar-refractivity contribution in [3.63, 3.8) is 0 Å². The highest BCUT2D eigenvalue weighted by Gasteiger charge is 2.01. The van der Waals surface area contributed by atoms with E-state index in [2.05, 4.69) is 30.5 Å². The van der Waals surface area contributed by atoms with Crippen molar-refractivity contribution in [2.75, 3.05) is 0 Å². The van der Waals surface area contributed by atoms with Crippen LogP contribution in [0.4, 0.5) is 0 Å². The Morgan fingerprint density at radius 1 is 1.45 bits per heavy atom. The Labute approximate surface area is 68.4 Å². The molecule has 0 N–H and O–H groups in total. The third-order valence-electron chi connectivity index (χ3n) is 1.87. The molecule has 0 radical (unpaired) electrons. The van der Waals surface area contributed by atoms with Gasteiger partial charge in [-0.25, -0.2) is 0 Å². The van der Waals surface area contributed by atoms with Crippen LogP contribution in [0.1, 0.15) is 25.8 Å². The summed E-state index contributed by atoms with van der Waals surface area (Å²) in [6.07, 6.45) is 8.56. The van der Waals surface area contributed by atoms with Crippen molar-refractivity contribution < 1.29 is 0 Å². The van der Waals surface area contributed by atoms with Crippen LogP contribution >= 0.6 is 0 Å². The Balaban J connectivity index is 2.63. The lowest BCUT2D eigenvalue weighted by molar-refractivity contribution is 0.553. The Morgan fingerprint density at radius 2 is 2.09 bits per heavy atom. The molecule has 1 aromatic rings. The number of hydrogen-bond acceptors (Lipinski definition) is 0. The number of nitrogens with zero attached hydrogens (tertiary/aromatic N) is 1. The lowest BCUT2D eigenvalue weighted by Gasteiger charge is -2.12. The van der Waals surface area contributed by atoms with Crippen LogP contribution < -0.4 is 0 Å². The minimum atomic E-state index is 0.481. The molecule has 0 saturated heterocycles. The van der Waals surface area contributed by atoms with Gasteiger partial charge < -0.3 is 4.57 Å². The second-order valence-electron chi connectivity index (χ2n) is 2.72. The second-order valence-corrected chi connectivity index (χ2v) is 2.72. The third-order valence-corrected chi connectivity index (χ3v) is 1.87. The Hall–Kier alpha value is -0.980. The first-order chi connectivity index (χ1) is 5.38. The largest absolute Gasteiger partial charge is 0.348 e. The number of hydrogen-bond donors (Lipinski definition) is 0. The van der Waals surface area contributed by atoms with Gasteiger partial charge in [0.15, 0.2) is 0 Å². The summed E-state index contributed by atoms with van der Waals surface area (Å²) in [7, 11) is 0. The summed E-state index contributed by atoms with van der Waals surface area (Å²) < 4.78 is 2.19. The number of allylic oxidation sites excluding steroid dienone is 1. The van der Waals surface area contributed by atoms with Crippen molar-refractivity contribution >= 4 is 0 Å². The molecule has 0 fully saturated rings. The average Bonchev–Trinajstić information content (AvgIpc) is 2.52. The van der Waals surface area contributed by atoms with E-state index >= 15 is 0 Å². The minimum Gasteiger partial charge on any atom is -0.348 e. The smallest absolute Gasteiger partial charge is 0.0507 e. The lowest BCUT2D eigenvalue weighted by Crippen LogP contribution is -2.02. The van der Waals surface area contributed by atoms with Gasteiger partial charge in [-0.2, -0.15) is 0 Å². The Morgan fingerprint density at radius 3 is 2.55 bits per heavy atom. The second kappa shape index (κ2) is 4.02. The molecule has 1 unspecified atom stereocenters. The van der Waals surface area contributed by atoms with E-state index in [0.29, 0.717) is 6.04 Å². The van der Waals surface area contributed by atoms with Crippen LogP contribution in [-0.2, 0) is 0 Å². The highest BCUT2D eigenvalue weighted by molar-refractivity contribution is 4.97. The van der Waals surface area contributed by atoms with Crippen LogP contribution in [0.3, 0.4) is 0 Å². The van der Waals surface area contributed by atoms with E-state index in [0.717, 1.165) is 0 Å². The van der Waals surface area contributed by atoms with E-state index in [-0.39, 0.29) is 0 Å².